The van der Waals surface area contributed by atoms with Gasteiger partial charge in [-0.3, -0.25) is 4.79 Å². The van der Waals surface area contributed by atoms with Crippen LogP contribution in [0.5, 0.6) is 0 Å². The van der Waals surface area contributed by atoms with Crippen LogP contribution in [0.4, 0.5) is 5.69 Å². The number of nitrogens with two attached hydrogens (primary N) is 1. The zero-order valence-electron chi connectivity index (χ0n) is 10.1. The van der Waals surface area contributed by atoms with Crippen molar-refractivity contribution < 1.29 is 9.53 Å². The number of benzene rings is 1. The monoisotopic (exact) mass is 253 g/mol. The average molecular weight is 253 g/mol. The molecule has 1 aromatic carbocycles. The molecule has 0 fully saturated rings. The van der Waals surface area contributed by atoms with Crippen molar-refractivity contribution in [2.75, 3.05) is 23.8 Å². The third-order valence-corrected chi connectivity index (χ3v) is 3.13. The van der Waals surface area contributed by atoms with E-state index in [1.165, 1.54) is 0 Å². The van der Waals surface area contributed by atoms with Gasteiger partial charge in [0.1, 0.15) is 6.61 Å². The molecule has 0 aliphatic rings. The summed E-state index contributed by atoms with van der Waals surface area (Å²) in [6.07, 6.45) is 1.10. The van der Waals surface area contributed by atoms with Crippen molar-refractivity contribution in [3.63, 3.8) is 0 Å². The molecule has 0 unspecified atom stereocenters. The fraction of sp³-hybridized carbons (Fsp3) is 0.462. The molecule has 4 heteroatoms. The smallest absolute Gasteiger partial charge is 0.306 e. The Kier molecular flexibility index (Phi) is 6.55. The second kappa shape index (κ2) is 8.01. The highest BCUT2D eigenvalue weighted by atomic mass is 32.2. The molecule has 0 aromatic heterocycles. The Morgan fingerprint density at radius 2 is 2.29 bits per heavy atom. The number of anilines is 1. The molecule has 0 bridgehead atoms. The maximum atomic E-state index is 11.4. The summed E-state index contributed by atoms with van der Waals surface area (Å²) in [6, 6.07) is 7.59. The van der Waals surface area contributed by atoms with Crippen molar-refractivity contribution in [2.24, 2.45) is 0 Å². The number of hydrogen-bond acceptors (Lipinski definition) is 4. The van der Waals surface area contributed by atoms with E-state index in [0.29, 0.717) is 19.4 Å². The minimum atomic E-state index is -0.135. The number of ether oxygens (including phenoxy) is 1. The Balaban J connectivity index is 2.19. The Morgan fingerprint density at radius 3 is 3.00 bits per heavy atom. The van der Waals surface area contributed by atoms with E-state index in [1.54, 1.807) is 11.8 Å². The van der Waals surface area contributed by atoms with Crippen LogP contribution in [0.3, 0.4) is 0 Å². The molecule has 1 rings (SSSR count). The van der Waals surface area contributed by atoms with Crippen LogP contribution in [-0.2, 0) is 16.0 Å². The Hall–Kier alpha value is -1.16. The lowest BCUT2D eigenvalue weighted by atomic mass is 10.1. The van der Waals surface area contributed by atoms with Gasteiger partial charge < -0.3 is 10.5 Å². The fourth-order valence-electron chi connectivity index (χ4n) is 1.43. The van der Waals surface area contributed by atoms with Gasteiger partial charge in [0.25, 0.3) is 0 Å². The van der Waals surface area contributed by atoms with Crippen molar-refractivity contribution in [2.45, 2.75) is 19.8 Å². The lowest BCUT2D eigenvalue weighted by Crippen LogP contribution is -2.08. The van der Waals surface area contributed by atoms with Gasteiger partial charge >= 0.3 is 5.97 Å². The molecule has 0 aliphatic heterocycles. The molecular weight excluding hydrogens is 234 g/mol. The third kappa shape index (κ3) is 6.22. The highest BCUT2D eigenvalue weighted by molar-refractivity contribution is 7.99. The van der Waals surface area contributed by atoms with Gasteiger partial charge in [0.15, 0.2) is 0 Å². The molecule has 2 N–H and O–H groups in total. The molecule has 0 saturated carbocycles. The van der Waals surface area contributed by atoms with Crippen molar-refractivity contribution in [1.29, 1.82) is 0 Å². The molecular formula is C13H19NO2S. The largest absolute Gasteiger partial charge is 0.465 e. The second-order valence-corrected chi connectivity index (χ2v) is 5.06. The molecule has 0 amide bonds. The van der Waals surface area contributed by atoms with E-state index >= 15 is 0 Å². The van der Waals surface area contributed by atoms with E-state index in [-0.39, 0.29) is 5.97 Å². The van der Waals surface area contributed by atoms with Crippen LogP contribution >= 0.6 is 11.8 Å². The topological polar surface area (TPSA) is 52.3 Å². The van der Waals surface area contributed by atoms with Crippen LogP contribution in [0, 0.1) is 0 Å². The van der Waals surface area contributed by atoms with Crippen molar-refractivity contribution >= 4 is 23.4 Å². The third-order valence-electron chi connectivity index (χ3n) is 2.26. The molecule has 0 radical (unpaired) electrons. The average Bonchev–Trinajstić information content (AvgIpc) is 2.32. The molecule has 0 heterocycles. The summed E-state index contributed by atoms with van der Waals surface area (Å²) in [5.41, 5.74) is 7.47. The van der Waals surface area contributed by atoms with E-state index in [0.717, 1.165) is 22.8 Å². The quantitative estimate of drug-likeness (QED) is 0.461. The molecule has 1 aromatic rings. The minimum absolute atomic E-state index is 0.135. The molecule has 0 atom stereocenters. The number of hydrogen-bond donors (Lipinski definition) is 1. The maximum Gasteiger partial charge on any atom is 0.306 e. The van der Waals surface area contributed by atoms with Gasteiger partial charge in [0, 0.05) is 17.9 Å². The summed E-state index contributed by atoms with van der Waals surface area (Å²) in [5.74, 6) is 1.80. The SMILES string of the molecule is CCSCCOC(=O)CCc1cccc(N)c1. The highest BCUT2D eigenvalue weighted by Crippen LogP contribution is 2.09. The van der Waals surface area contributed by atoms with Gasteiger partial charge in [-0.15, -0.1) is 0 Å². The van der Waals surface area contributed by atoms with Crippen LogP contribution in [0.25, 0.3) is 0 Å². The summed E-state index contributed by atoms with van der Waals surface area (Å²) in [7, 11) is 0. The first-order valence-corrected chi connectivity index (χ1v) is 6.95. The lowest BCUT2D eigenvalue weighted by molar-refractivity contribution is -0.142. The summed E-state index contributed by atoms with van der Waals surface area (Å²) in [4.78, 5) is 11.4. The van der Waals surface area contributed by atoms with E-state index in [1.807, 2.05) is 24.3 Å². The summed E-state index contributed by atoms with van der Waals surface area (Å²) < 4.78 is 5.11. The molecule has 17 heavy (non-hydrogen) atoms. The lowest BCUT2D eigenvalue weighted by Gasteiger charge is -2.04. The Labute approximate surface area is 107 Å². The predicted octanol–water partition coefficient (Wildman–Crippen LogP) is 2.50. The molecule has 0 spiro atoms. The van der Waals surface area contributed by atoms with E-state index < -0.39 is 0 Å². The first-order chi connectivity index (χ1) is 8.22. The van der Waals surface area contributed by atoms with Crippen LogP contribution < -0.4 is 5.73 Å². The summed E-state index contributed by atoms with van der Waals surface area (Å²) in [6.45, 7) is 2.60. The van der Waals surface area contributed by atoms with Crippen LogP contribution in [-0.4, -0.2) is 24.1 Å². The number of carbonyl (C=O) groups excluding carboxylic acids is 1. The zero-order valence-corrected chi connectivity index (χ0v) is 11.0. The number of aryl methyl sites for hydroxylation is 1. The first-order valence-electron chi connectivity index (χ1n) is 5.80. The van der Waals surface area contributed by atoms with Gasteiger partial charge in [-0.25, -0.2) is 0 Å². The number of carbonyl (C=O) groups is 1. The molecule has 0 aliphatic carbocycles. The van der Waals surface area contributed by atoms with Gasteiger partial charge in [0.2, 0.25) is 0 Å². The minimum Gasteiger partial charge on any atom is -0.465 e. The van der Waals surface area contributed by atoms with Gasteiger partial charge in [-0.1, -0.05) is 19.1 Å². The van der Waals surface area contributed by atoms with Gasteiger partial charge in [-0.2, -0.15) is 11.8 Å². The molecule has 3 nitrogen and oxygen atoms in total. The highest BCUT2D eigenvalue weighted by Gasteiger charge is 2.03. The summed E-state index contributed by atoms with van der Waals surface area (Å²) >= 11 is 1.77. The van der Waals surface area contributed by atoms with Gasteiger partial charge in [-0.05, 0) is 29.9 Å². The van der Waals surface area contributed by atoms with Crippen LogP contribution in [0.15, 0.2) is 24.3 Å². The van der Waals surface area contributed by atoms with E-state index in [2.05, 4.69) is 6.92 Å². The summed E-state index contributed by atoms with van der Waals surface area (Å²) in [5, 5.41) is 0. The standard InChI is InChI=1S/C13H19NO2S/c1-2-17-9-8-16-13(15)7-6-11-4-3-5-12(14)10-11/h3-5,10H,2,6-9,14H2,1H3. The normalized spacial score (nSPS) is 10.2. The number of rotatable bonds is 7. The fourth-order valence-corrected chi connectivity index (χ4v) is 1.92. The van der Waals surface area contributed by atoms with E-state index in [9.17, 15) is 4.79 Å². The zero-order chi connectivity index (χ0) is 12.5. The number of nitrogen functional groups attached to an aromatic ring is 1. The van der Waals surface area contributed by atoms with Crippen LogP contribution in [0.2, 0.25) is 0 Å². The number of esters is 1. The Morgan fingerprint density at radius 1 is 1.47 bits per heavy atom. The van der Waals surface area contributed by atoms with Crippen LogP contribution in [0.1, 0.15) is 18.9 Å². The molecule has 0 saturated heterocycles. The van der Waals surface area contributed by atoms with Crippen molar-refractivity contribution in [1.82, 2.24) is 0 Å². The van der Waals surface area contributed by atoms with Crippen molar-refractivity contribution in [3.05, 3.63) is 29.8 Å². The predicted molar refractivity (Wildman–Crippen MR) is 73.1 cm³/mol. The Bertz CT molecular complexity index is 355. The van der Waals surface area contributed by atoms with Crippen molar-refractivity contribution in [3.8, 4) is 0 Å². The van der Waals surface area contributed by atoms with Gasteiger partial charge in [0.05, 0.1) is 0 Å². The first kappa shape index (κ1) is 13.9. The molecule has 94 valence electrons. The van der Waals surface area contributed by atoms with E-state index in [4.69, 9.17) is 10.5 Å². The maximum absolute atomic E-state index is 11.4. The number of thioether (sulfide) groups is 1. The second-order valence-electron chi connectivity index (χ2n) is 3.66.